The van der Waals surface area contributed by atoms with E-state index in [1.54, 1.807) is 0 Å². The Morgan fingerprint density at radius 2 is 1.80 bits per heavy atom. The molecule has 0 fully saturated rings. The third kappa shape index (κ3) is 1.95. The van der Waals surface area contributed by atoms with Gasteiger partial charge in [-0.15, -0.1) is 0 Å². The number of nitrogens with two attached hydrogens (primary N) is 1. The van der Waals surface area contributed by atoms with E-state index in [0.29, 0.717) is 0 Å². The van der Waals surface area contributed by atoms with Gasteiger partial charge in [0.1, 0.15) is 0 Å². The fourth-order valence-corrected chi connectivity index (χ4v) is 2.83. The van der Waals surface area contributed by atoms with Crippen molar-refractivity contribution in [2.75, 3.05) is 12.8 Å². The molecule has 0 saturated carbocycles. The van der Waals surface area contributed by atoms with Crippen LogP contribution in [0.1, 0.15) is 29.5 Å². The lowest BCUT2D eigenvalue weighted by molar-refractivity contribution is -0.141. The van der Waals surface area contributed by atoms with Crippen molar-refractivity contribution in [2.24, 2.45) is 0 Å². The molecule has 0 radical (unpaired) electrons. The highest BCUT2D eigenvalue weighted by molar-refractivity contribution is 5.81. The molecule has 2 N–H and O–H groups in total. The Labute approximate surface area is 118 Å². The predicted molar refractivity (Wildman–Crippen MR) is 79.5 cm³/mol. The van der Waals surface area contributed by atoms with Gasteiger partial charge in [0.2, 0.25) is 0 Å². The van der Waals surface area contributed by atoms with E-state index >= 15 is 0 Å². The molecule has 0 aliphatic heterocycles. The van der Waals surface area contributed by atoms with Gasteiger partial charge in [-0.1, -0.05) is 24.3 Å². The van der Waals surface area contributed by atoms with Crippen molar-refractivity contribution in [2.45, 2.75) is 19.3 Å². The zero-order chi connectivity index (χ0) is 14.3. The van der Waals surface area contributed by atoms with Crippen molar-refractivity contribution in [1.29, 1.82) is 0 Å². The van der Waals surface area contributed by atoms with E-state index in [2.05, 4.69) is 18.2 Å². The number of nitrogen functional groups attached to an aromatic ring is 1. The number of benzene rings is 2. The molecule has 2 aromatic carbocycles. The lowest BCUT2D eigenvalue weighted by atomic mass is 9.96. The van der Waals surface area contributed by atoms with Gasteiger partial charge in [-0.05, 0) is 53.3 Å². The van der Waals surface area contributed by atoms with Crippen LogP contribution in [0, 0.1) is 0 Å². The molecule has 1 unspecified atom stereocenters. The molecule has 0 aromatic heterocycles. The molecular formula is C17H17NO2. The molecule has 0 bridgehead atoms. The number of carbonyl (C=O) groups excluding carboxylic acids is 1. The zero-order valence-electron chi connectivity index (χ0n) is 11.6. The first-order valence-corrected chi connectivity index (χ1v) is 6.69. The minimum absolute atomic E-state index is 0.204. The van der Waals surface area contributed by atoms with E-state index in [1.165, 1.54) is 29.4 Å². The van der Waals surface area contributed by atoms with E-state index in [1.807, 2.05) is 25.1 Å². The van der Waals surface area contributed by atoms with Crippen LogP contribution in [-0.4, -0.2) is 13.1 Å². The third-order valence-corrected chi connectivity index (χ3v) is 3.98. The summed E-state index contributed by atoms with van der Waals surface area (Å²) in [6.07, 6.45) is 0.872. The summed E-state index contributed by atoms with van der Waals surface area (Å²) in [6, 6.07) is 12.2. The molecular weight excluding hydrogens is 250 g/mol. The van der Waals surface area contributed by atoms with Crippen LogP contribution in [0.25, 0.3) is 11.1 Å². The highest BCUT2D eigenvalue weighted by Crippen LogP contribution is 2.38. The van der Waals surface area contributed by atoms with Crippen molar-refractivity contribution in [3.63, 3.8) is 0 Å². The molecule has 0 amide bonds. The Balaban J connectivity index is 2.00. The fraction of sp³-hybridized carbons (Fsp3) is 0.235. The van der Waals surface area contributed by atoms with Gasteiger partial charge in [0.15, 0.2) is 0 Å². The Morgan fingerprint density at radius 3 is 2.50 bits per heavy atom. The van der Waals surface area contributed by atoms with E-state index in [0.717, 1.165) is 17.7 Å². The van der Waals surface area contributed by atoms with E-state index in [-0.39, 0.29) is 11.9 Å². The quantitative estimate of drug-likeness (QED) is 0.573. The number of methoxy groups -OCH3 is 1. The van der Waals surface area contributed by atoms with Crippen molar-refractivity contribution in [1.82, 2.24) is 0 Å². The van der Waals surface area contributed by atoms with Crippen LogP contribution in [0.15, 0.2) is 36.4 Å². The standard InChI is InChI=1S/C17H17NO2/c1-10(17(19)20-2)11-3-5-15-12(7-11)8-13-9-14(18)4-6-16(13)15/h3-7,9-10H,8,18H2,1-2H3. The summed E-state index contributed by atoms with van der Waals surface area (Å²) in [5.74, 6) is -0.441. The summed E-state index contributed by atoms with van der Waals surface area (Å²) in [5.41, 5.74) is 12.6. The average Bonchev–Trinajstić information content (AvgIpc) is 2.81. The smallest absolute Gasteiger partial charge is 0.312 e. The molecule has 3 rings (SSSR count). The van der Waals surface area contributed by atoms with Gasteiger partial charge in [-0.25, -0.2) is 0 Å². The van der Waals surface area contributed by atoms with Gasteiger partial charge in [-0.3, -0.25) is 4.79 Å². The van der Waals surface area contributed by atoms with Crippen LogP contribution in [0.3, 0.4) is 0 Å². The largest absolute Gasteiger partial charge is 0.469 e. The molecule has 2 aromatic rings. The molecule has 0 heterocycles. The number of anilines is 1. The molecule has 1 aliphatic carbocycles. The predicted octanol–water partition coefficient (Wildman–Crippen LogP) is 3.12. The highest BCUT2D eigenvalue weighted by Gasteiger charge is 2.22. The summed E-state index contributed by atoms with van der Waals surface area (Å²) < 4.78 is 4.81. The highest BCUT2D eigenvalue weighted by atomic mass is 16.5. The maximum Gasteiger partial charge on any atom is 0.312 e. The molecule has 102 valence electrons. The maximum absolute atomic E-state index is 11.6. The number of rotatable bonds is 2. The number of carbonyl (C=O) groups is 1. The normalized spacial score (nSPS) is 13.5. The lowest BCUT2D eigenvalue weighted by Gasteiger charge is -2.11. The molecule has 1 aliphatic rings. The van der Waals surface area contributed by atoms with Gasteiger partial charge < -0.3 is 10.5 Å². The number of ether oxygens (including phenoxy) is 1. The second-order valence-electron chi connectivity index (χ2n) is 5.25. The van der Waals surface area contributed by atoms with Crippen LogP contribution in [0.4, 0.5) is 5.69 Å². The van der Waals surface area contributed by atoms with Gasteiger partial charge in [0.05, 0.1) is 13.0 Å². The van der Waals surface area contributed by atoms with Gasteiger partial charge >= 0.3 is 5.97 Å². The Hall–Kier alpha value is -2.29. The minimum Gasteiger partial charge on any atom is -0.469 e. The molecule has 1 atom stereocenters. The first-order chi connectivity index (χ1) is 9.60. The van der Waals surface area contributed by atoms with E-state index in [4.69, 9.17) is 10.5 Å². The first kappa shape index (κ1) is 12.7. The molecule has 3 heteroatoms. The van der Waals surface area contributed by atoms with Crippen LogP contribution in [0.5, 0.6) is 0 Å². The van der Waals surface area contributed by atoms with Crippen LogP contribution in [0.2, 0.25) is 0 Å². The zero-order valence-corrected chi connectivity index (χ0v) is 11.6. The summed E-state index contributed by atoms with van der Waals surface area (Å²) in [5, 5.41) is 0. The summed E-state index contributed by atoms with van der Waals surface area (Å²) in [7, 11) is 1.42. The van der Waals surface area contributed by atoms with Crippen molar-refractivity contribution >= 4 is 11.7 Å². The fourth-order valence-electron chi connectivity index (χ4n) is 2.83. The Bertz CT molecular complexity index is 691. The number of hydrogen-bond donors (Lipinski definition) is 1. The van der Waals surface area contributed by atoms with Crippen molar-refractivity contribution in [3.05, 3.63) is 53.1 Å². The first-order valence-electron chi connectivity index (χ1n) is 6.69. The van der Waals surface area contributed by atoms with Crippen LogP contribution >= 0.6 is 0 Å². The number of hydrogen-bond acceptors (Lipinski definition) is 3. The second kappa shape index (κ2) is 4.67. The van der Waals surface area contributed by atoms with E-state index < -0.39 is 0 Å². The Morgan fingerprint density at radius 1 is 1.15 bits per heavy atom. The summed E-state index contributed by atoms with van der Waals surface area (Å²) >= 11 is 0. The van der Waals surface area contributed by atoms with Crippen molar-refractivity contribution < 1.29 is 9.53 Å². The van der Waals surface area contributed by atoms with Gasteiger partial charge in [0.25, 0.3) is 0 Å². The third-order valence-electron chi connectivity index (χ3n) is 3.98. The van der Waals surface area contributed by atoms with Crippen LogP contribution in [-0.2, 0) is 16.0 Å². The molecule has 0 spiro atoms. The number of fused-ring (bicyclic) bond motifs is 3. The topological polar surface area (TPSA) is 52.3 Å². The summed E-state index contributed by atoms with van der Waals surface area (Å²) in [4.78, 5) is 11.6. The minimum atomic E-state index is -0.237. The van der Waals surface area contributed by atoms with Crippen LogP contribution < -0.4 is 5.73 Å². The SMILES string of the molecule is COC(=O)C(C)c1ccc2c(c1)Cc1cc(N)ccc1-2. The second-order valence-corrected chi connectivity index (χ2v) is 5.25. The molecule has 0 saturated heterocycles. The average molecular weight is 267 g/mol. The molecule has 20 heavy (non-hydrogen) atoms. The van der Waals surface area contributed by atoms with Gasteiger partial charge in [0, 0.05) is 5.69 Å². The monoisotopic (exact) mass is 267 g/mol. The summed E-state index contributed by atoms with van der Waals surface area (Å²) in [6.45, 7) is 1.87. The number of esters is 1. The lowest BCUT2D eigenvalue weighted by Crippen LogP contribution is -2.10. The molecule has 3 nitrogen and oxygen atoms in total. The van der Waals surface area contributed by atoms with E-state index in [9.17, 15) is 4.79 Å². The van der Waals surface area contributed by atoms with Crippen molar-refractivity contribution in [3.8, 4) is 11.1 Å². The van der Waals surface area contributed by atoms with Gasteiger partial charge in [-0.2, -0.15) is 0 Å². The Kier molecular flexibility index (Phi) is 2.97. The maximum atomic E-state index is 11.6.